The summed E-state index contributed by atoms with van der Waals surface area (Å²) in [6, 6.07) is 6.08. The molecule has 0 heterocycles. The van der Waals surface area contributed by atoms with E-state index >= 15 is 0 Å². The maximum Gasteiger partial charge on any atom is 0.326 e. The highest BCUT2D eigenvalue weighted by Gasteiger charge is 2.28. The molecule has 0 aromatic heterocycles. The smallest absolute Gasteiger partial charge is 0.326 e. The van der Waals surface area contributed by atoms with Crippen molar-refractivity contribution in [3.63, 3.8) is 0 Å². The van der Waals surface area contributed by atoms with E-state index in [1.165, 1.54) is 6.26 Å². The average Bonchev–Trinajstić information content (AvgIpc) is 2.71. The van der Waals surface area contributed by atoms with Crippen LogP contribution in [0.15, 0.2) is 30.3 Å². The first kappa shape index (κ1) is 25.7. The number of carboxylic acid groups (broad SMARTS) is 1. The molecule has 1 aromatic rings. The van der Waals surface area contributed by atoms with Crippen LogP contribution in [0.3, 0.4) is 0 Å². The molecule has 4 atom stereocenters. The Labute approximate surface area is 179 Å². The van der Waals surface area contributed by atoms with Crippen LogP contribution in [0.1, 0.15) is 31.2 Å². The van der Waals surface area contributed by atoms with E-state index in [1.54, 1.807) is 12.1 Å². The second-order valence-corrected chi connectivity index (χ2v) is 8.66. The van der Waals surface area contributed by atoms with Crippen LogP contribution < -0.4 is 22.1 Å². The van der Waals surface area contributed by atoms with Gasteiger partial charge in [-0.15, -0.1) is 0 Å². The summed E-state index contributed by atoms with van der Waals surface area (Å²) in [5.41, 5.74) is 12.1. The van der Waals surface area contributed by atoms with Gasteiger partial charge in [-0.2, -0.15) is 0 Å². The van der Waals surface area contributed by atoms with Gasteiger partial charge in [0.1, 0.15) is 12.1 Å². The highest BCUT2D eigenvalue weighted by Crippen LogP contribution is 2.07. The van der Waals surface area contributed by atoms with E-state index in [1.807, 2.05) is 18.2 Å². The third kappa shape index (κ3) is 9.95. The minimum atomic E-state index is -1.15. The van der Waals surface area contributed by atoms with Crippen molar-refractivity contribution >= 4 is 28.6 Å². The van der Waals surface area contributed by atoms with Crippen LogP contribution in [0, 0.1) is 0 Å². The Bertz CT molecular complexity index is 716. The second-order valence-electron chi connectivity index (χ2n) is 7.11. The molecular formula is C20H32N4O5S. The Morgan fingerprint density at radius 1 is 1.03 bits per heavy atom. The van der Waals surface area contributed by atoms with Crippen molar-refractivity contribution in [2.45, 2.75) is 50.2 Å². The molecule has 30 heavy (non-hydrogen) atoms. The molecule has 0 saturated carbocycles. The Morgan fingerprint density at radius 3 is 2.23 bits per heavy atom. The number of carbonyl (C=O) groups excluding carboxylic acids is 2. The Morgan fingerprint density at radius 2 is 1.67 bits per heavy atom. The van der Waals surface area contributed by atoms with Crippen molar-refractivity contribution < 1.29 is 23.7 Å². The monoisotopic (exact) mass is 440 g/mol. The van der Waals surface area contributed by atoms with Crippen LogP contribution in [-0.2, 0) is 31.6 Å². The molecule has 4 unspecified atom stereocenters. The van der Waals surface area contributed by atoms with Crippen molar-refractivity contribution in [1.82, 2.24) is 10.6 Å². The number of hydrogen-bond donors (Lipinski definition) is 5. The average molecular weight is 441 g/mol. The van der Waals surface area contributed by atoms with E-state index in [9.17, 15) is 23.7 Å². The first-order valence-electron chi connectivity index (χ1n) is 9.87. The number of carboxylic acids is 1. The van der Waals surface area contributed by atoms with Gasteiger partial charge in [-0.25, -0.2) is 4.79 Å². The molecule has 168 valence electrons. The zero-order valence-electron chi connectivity index (χ0n) is 17.2. The number of benzene rings is 1. The van der Waals surface area contributed by atoms with Gasteiger partial charge >= 0.3 is 5.97 Å². The molecule has 7 N–H and O–H groups in total. The molecule has 1 rings (SSSR count). The molecule has 10 heteroatoms. The molecule has 0 fully saturated rings. The normalized spacial score (nSPS) is 14.9. The molecule has 0 aliphatic carbocycles. The summed E-state index contributed by atoms with van der Waals surface area (Å²) in [7, 11) is -1.09. The highest BCUT2D eigenvalue weighted by molar-refractivity contribution is 7.84. The molecule has 0 bridgehead atoms. The Kier molecular flexibility index (Phi) is 11.9. The second kappa shape index (κ2) is 13.8. The molecule has 0 saturated heterocycles. The molecule has 0 aliphatic rings. The number of hydrogen-bond acceptors (Lipinski definition) is 6. The lowest BCUT2D eigenvalue weighted by Crippen LogP contribution is -2.55. The summed E-state index contributed by atoms with van der Waals surface area (Å²) in [4.78, 5) is 36.8. The third-order valence-electron chi connectivity index (χ3n) is 4.53. The first-order chi connectivity index (χ1) is 14.2. The van der Waals surface area contributed by atoms with Crippen molar-refractivity contribution in [1.29, 1.82) is 0 Å². The lowest BCUT2D eigenvalue weighted by Gasteiger charge is -2.23. The fraction of sp³-hybridized carbons (Fsp3) is 0.550. The summed E-state index contributed by atoms with van der Waals surface area (Å²) in [5, 5.41) is 14.5. The van der Waals surface area contributed by atoms with Gasteiger partial charge in [0.2, 0.25) is 11.8 Å². The number of amides is 2. The van der Waals surface area contributed by atoms with E-state index in [0.717, 1.165) is 5.56 Å². The molecule has 0 aliphatic heterocycles. The van der Waals surface area contributed by atoms with Crippen LogP contribution in [-0.4, -0.2) is 63.8 Å². The molecule has 0 radical (unpaired) electrons. The lowest BCUT2D eigenvalue weighted by atomic mass is 10.0. The van der Waals surface area contributed by atoms with Crippen LogP contribution in [0.4, 0.5) is 0 Å². The van der Waals surface area contributed by atoms with Gasteiger partial charge in [-0.05, 0) is 37.8 Å². The van der Waals surface area contributed by atoms with E-state index in [-0.39, 0.29) is 25.0 Å². The minimum absolute atomic E-state index is 0.181. The number of carbonyl (C=O) groups is 3. The fourth-order valence-electron chi connectivity index (χ4n) is 2.78. The summed E-state index contributed by atoms with van der Waals surface area (Å²) in [6.45, 7) is 0.438. The Balaban J connectivity index is 2.87. The highest BCUT2D eigenvalue weighted by atomic mass is 32.2. The van der Waals surface area contributed by atoms with E-state index in [4.69, 9.17) is 11.5 Å². The van der Waals surface area contributed by atoms with Crippen LogP contribution >= 0.6 is 0 Å². The van der Waals surface area contributed by atoms with E-state index in [0.29, 0.717) is 19.4 Å². The van der Waals surface area contributed by atoms with Gasteiger partial charge in [-0.3, -0.25) is 13.8 Å². The van der Waals surface area contributed by atoms with Gasteiger partial charge in [-0.1, -0.05) is 30.3 Å². The topological polar surface area (TPSA) is 165 Å². The van der Waals surface area contributed by atoms with Crippen LogP contribution in [0.5, 0.6) is 0 Å². The number of aliphatic carboxylic acids is 1. The van der Waals surface area contributed by atoms with Crippen LogP contribution in [0.2, 0.25) is 0 Å². The summed E-state index contributed by atoms with van der Waals surface area (Å²) < 4.78 is 11.2. The van der Waals surface area contributed by atoms with Gasteiger partial charge in [0.15, 0.2) is 0 Å². The molecule has 0 spiro atoms. The van der Waals surface area contributed by atoms with Gasteiger partial charge in [0.25, 0.3) is 0 Å². The van der Waals surface area contributed by atoms with Crippen molar-refractivity contribution in [2.24, 2.45) is 11.5 Å². The summed E-state index contributed by atoms with van der Waals surface area (Å²) >= 11 is 0. The number of rotatable bonds is 14. The predicted octanol–water partition coefficient (Wildman–Crippen LogP) is -0.492. The van der Waals surface area contributed by atoms with Crippen LogP contribution in [0.25, 0.3) is 0 Å². The number of nitrogens with two attached hydrogens (primary N) is 2. The molecular weight excluding hydrogens is 408 g/mol. The fourth-order valence-corrected chi connectivity index (χ4v) is 3.37. The van der Waals surface area contributed by atoms with E-state index < -0.39 is 46.7 Å². The lowest BCUT2D eigenvalue weighted by molar-refractivity contribution is -0.142. The SMILES string of the molecule is CS(=O)CCC(N)C(=O)NC(Cc1ccccc1)C(=O)NC(CCCCN)C(=O)O. The number of nitrogens with one attached hydrogen (secondary N) is 2. The predicted molar refractivity (Wildman–Crippen MR) is 116 cm³/mol. The minimum Gasteiger partial charge on any atom is -0.480 e. The first-order valence-corrected chi connectivity index (χ1v) is 11.6. The molecule has 2 amide bonds. The van der Waals surface area contributed by atoms with Crippen molar-refractivity contribution in [3.8, 4) is 0 Å². The summed E-state index contributed by atoms with van der Waals surface area (Å²) in [5.74, 6) is -2.02. The zero-order chi connectivity index (χ0) is 22.5. The quantitative estimate of drug-likeness (QED) is 0.243. The standard InChI is InChI=1S/C20H32N4O5S/c1-30(29)12-10-15(22)18(25)24-17(13-14-7-3-2-4-8-14)19(26)23-16(20(27)28)9-5-6-11-21/h2-4,7-8,15-17H,5-6,9-13,21-22H2,1H3,(H,23,26)(H,24,25)(H,27,28). The van der Waals surface area contributed by atoms with E-state index in [2.05, 4.69) is 10.6 Å². The Hall–Kier alpha value is -2.30. The van der Waals surface area contributed by atoms with Crippen molar-refractivity contribution in [3.05, 3.63) is 35.9 Å². The zero-order valence-corrected chi connectivity index (χ0v) is 18.0. The maximum atomic E-state index is 12.8. The maximum absolute atomic E-state index is 12.8. The largest absolute Gasteiger partial charge is 0.480 e. The summed E-state index contributed by atoms with van der Waals surface area (Å²) in [6.07, 6.45) is 3.37. The van der Waals surface area contributed by atoms with Gasteiger partial charge in [0, 0.05) is 29.2 Å². The number of unbranched alkanes of at least 4 members (excludes halogenated alkanes) is 1. The van der Waals surface area contributed by atoms with Crippen molar-refractivity contribution in [2.75, 3.05) is 18.6 Å². The van der Waals surface area contributed by atoms with Gasteiger partial charge < -0.3 is 27.2 Å². The third-order valence-corrected chi connectivity index (χ3v) is 5.34. The van der Waals surface area contributed by atoms with Gasteiger partial charge in [0.05, 0.1) is 6.04 Å². The molecule has 1 aromatic carbocycles. The molecule has 9 nitrogen and oxygen atoms in total.